The molecular weight excluding hydrogens is 316 g/mol. The normalized spacial score (nSPS) is 27.9. The summed E-state index contributed by atoms with van der Waals surface area (Å²) in [5.41, 5.74) is 6.61. The average molecular weight is 340 g/mol. The van der Waals surface area contributed by atoms with Crippen LogP contribution in [0.4, 0.5) is 5.82 Å². The Morgan fingerprint density at radius 1 is 1.46 bits per heavy atom. The summed E-state index contributed by atoms with van der Waals surface area (Å²) in [6.45, 7) is 2.15. The Kier molecular flexibility index (Phi) is 5.73. The van der Waals surface area contributed by atoms with Crippen LogP contribution < -0.4 is 11.4 Å². The van der Waals surface area contributed by atoms with Gasteiger partial charge in [0.05, 0.1) is 6.61 Å². The van der Waals surface area contributed by atoms with Crippen molar-refractivity contribution < 1.29 is 20.1 Å². The molecule has 0 radical (unpaired) electrons. The van der Waals surface area contributed by atoms with E-state index in [4.69, 9.17) is 15.6 Å². The van der Waals surface area contributed by atoms with E-state index in [9.17, 15) is 15.0 Å². The van der Waals surface area contributed by atoms with Gasteiger partial charge in [0.1, 0.15) is 24.1 Å². The molecule has 4 atom stereocenters. The van der Waals surface area contributed by atoms with E-state index in [-0.39, 0.29) is 5.82 Å². The molecule has 0 aliphatic carbocycles. The van der Waals surface area contributed by atoms with Gasteiger partial charge in [-0.15, -0.1) is 0 Å². The predicted octanol–water partition coefficient (Wildman–Crippen LogP) is -1.60. The van der Waals surface area contributed by atoms with Crippen LogP contribution in [0.25, 0.3) is 6.08 Å². The van der Waals surface area contributed by atoms with Gasteiger partial charge in [0, 0.05) is 18.3 Å². The number of hydrogen-bond donors (Lipinski definition) is 4. The number of aliphatic hydroxyl groups is 3. The van der Waals surface area contributed by atoms with Crippen molar-refractivity contribution in [3.05, 3.63) is 27.8 Å². The maximum absolute atomic E-state index is 12.1. The highest BCUT2D eigenvalue weighted by Crippen LogP contribution is 2.28. The van der Waals surface area contributed by atoms with Gasteiger partial charge >= 0.3 is 5.69 Å². The Balaban J connectivity index is 2.39. The molecule has 0 aromatic carbocycles. The van der Waals surface area contributed by atoms with E-state index in [1.165, 1.54) is 6.20 Å². The van der Waals surface area contributed by atoms with Gasteiger partial charge < -0.3 is 30.7 Å². The van der Waals surface area contributed by atoms with Crippen molar-refractivity contribution in [2.45, 2.75) is 31.5 Å². The molecule has 0 saturated carbocycles. The minimum Gasteiger partial charge on any atom is -0.394 e. The lowest BCUT2D eigenvalue weighted by Crippen LogP contribution is -2.36. The fraction of sp³-hybridized carbons (Fsp3) is 0.600. The first-order valence-corrected chi connectivity index (χ1v) is 7.57. The van der Waals surface area contributed by atoms with Crippen LogP contribution in [0.3, 0.4) is 0 Å². The van der Waals surface area contributed by atoms with E-state index in [1.807, 2.05) is 25.9 Å². The molecule has 0 bridgehead atoms. The van der Waals surface area contributed by atoms with Crippen molar-refractivity contribution in [1.82, 2.24) is 14.5 Å². The van der Waals surface area contributed by atoms with Gasteiger partial charge in [0.2, 0.25) is 0 Å². The van der Waals surface area contributed by atoms with Crippen LogP contribution >= 0.6 is 0 Å². The molecule has 2 heterocycles. The van der Waals surface area contributed by atoms with Crippen molar-refractivity contribution >= 4 is 11.9 Å². The molecule has 1 aliphatic rings. The first-order chi connectivity index (χ1) is 11.2. The van der Waals surface area contributed by atoms with E-state index < -0.39 is 36.8 Å². The standard InChI is InChI=1S/C15H24N4O5/c1-8(5-18(2)3)4-9-6-19(15(23)17-13(9)16)14-12(22)11(21)10(7-20)24-14/h4,6,10-12,14,20-22H,5,7H2,1-3H3,(H2,16,17,23)/b8-4+/t10-,11-,12+,14-/m1/s1. The highest BCUT2D eigenvalue weighted by Gasteiger charge is 2.43. The van der Waals surface area contributed by atoms with Crippen LogP contribution in [-0.2, 0) is 4.74 Å². The van der Waals surface area contributed by atoms with Crippen LogP contribution in [-0.4, -0.2) is 75.3 Å². The van der Waals surface area contributed by atoms with Gasteiger partial charge in [0.15, 0.2) is 6.23 Å². The van der Waals surface area contributed by atoms with Crippen molar-refractivity contribution in [3.63, 3.8) is 0 Å². The molecule has 9 heteroatoms. The Hall–Kier alpha value is -1.78. The summed E-state index contributed by atoms with van der Waals surface area (Å²) in [5.74, 6) is 0.0705. The van der Waals surface area contributed by atoms with Crippen LogP contribution in [0.1, 0.15) is 18.7 Å². The number of rotatable bonds is 5. The molecule has 1 saturated heterocycles. The second-order valence-electron chi connectivity index (χ2n) is 6.23. The Morgan fingerprint density at radius 2 is 2.12 bits per heavy atom. The molecule has 0 spiro atoms. The number of hydrogen-bond acceptors (Lipinski definition) is 8. The van der Waals surface area contributed by atoms with E-state index in [1.54, 1.807) is 6.08 Å². The lowest BCUT2D eigenvalue weighted by molar-refractivity contribution is -0.0549. The first-order valence-electron chi connectivity index (χ1n) is 7.57. The number of likely N-dealkylation sites (N-methyl/N-ethyl adjacent to an activating group) is 1. The predicted molar refractivity (Wildman–Crippen MR) is 88.1 cm³/mol. The largest absolute Gasteiger partial charge is 0.394 e. The summed E-state index contributed by atoms with van der Waals surface area (Å²) in [6, 6.07) is 0. The zero-order chi connectivity index (χ0) is 18.0. The molecule has 134 valence electrons. The Bertz CT molecular complexity index is 672. The maximum atomic E-state index is 12.1. The molecule has 0 amide bonds. The second-order valence-corrected chi connectivity index (χ2v) is 6.23. The van der Waals surface area contributed by atoms with Crippen molar-refractivity contribution in [1.29, 1.82) is 0 Å². The summed E-state index contributed by atoms with van der Waals surface area (Å²) in [6.07, 6.45) is -1.53. The topological polar surface area (TPSA) is 134 Å². The molecule has 0 unspecified atom stereocenters. The SMILES string of the molecule is C/C(=C\c1cn([C@@H]2O[C@H](CO)[C@@H](O)[C@@H]2O)c(=O)nc1N)CN(C)C. The average Bonchev–Trinajstić information content (AvgIpc) is 2.77. The number of nitrogens with two attached hydrogens (primary N) is 1. The summed E-state index contributed by atoms with van der Waals surface area (Å²) in [4.78, 5) is 17.8. The third kappa shape index (κ3) is 3.82. The van der Waals surface area contributed by atoms with Gasteiger partial charge in [0.25, 0.3) is 0 Å². The highest BCUT2D eigenvalue weighted by atomic mass is 16.6. The molecule has 1 fully saturated rings. The second kappa shape index (κ2) is 7.41. The molecule has 9 nitrogen and oxygen atoms in total. The van der Waals surface area contributed by atoms with Gasteiger partial charge in [-0.25, -0.2) is 4.79 Å². The number of aliphatic hydroxyl groups excluding tert-OH is 3. The molecule has 1 aromatic rings. The van der Waals surface area contributed by atoms with E-state index >= 15 is 0 Å². The zero-order valence-corrected chi connectivity index (χ0v) is 14.0. The summed E-state index contributed by atoms with van der Waals surface area (Å²) in [7, 11) is 3.86. The zero-order valence-electron chi connectivity index (χ0n) is 14.0. The molecule has 2 rings (SSSR count). The highest BCUT2D eigenvalue weighted by molar-refractivity contribution is 5.61. The molecular formula is C15H24N4O5. The van der Waals surface area contributed by atoms with E-state index in [0.29, 0.717) is 12.1 Å². The van der Waals surface area contributed by atoms with Gasteiger partial charge in [-0.3, -0.25) is 4.57 Å². The van der Waals surface area contributed by atoms with E-state index in [0.717, 1.165) is 10.1 Å². The summed E-state index contributed by atoms with van der Waals surface area (Å²) < 4.78 is 6.45. The third-order valence-electron chi connectivity index (χ3n) is 3.77. The number of anilines is 1. The third-order valence-corrected chi connectivity index (χ3v) is 3.77. The fourth-order valence-corrected chi connectivity index (χ4v) is 2.71. The van der Waals surface area contributed by atoms with Crippen LogP contribution in [0.5, 0.6) is 0 Å². The van der Waals surface area contributed by atoms with E-state index in [2.05, 4.69) is 4.98 Å². The molecule has 24 heavy (non-hydrogen) atoms. The molecule has 5 N–H and O–H groups in total. The Morgan fingerprint density at radius 3 is 2.67 bits per heavy atom. The number of ether oxygens (including phenoxy) is 1. The monoisotopic (exact) mass is 340 g/mol. The lowest BCUT2D eigenvalue weighted by Gasteiger charge is -2.18. The number of nitrogen functional groups attached to an aromatic ring is 1. The minimum absolute atomic E-state index is 0.0705. The lowest BCUT2D eigenvalue weighted by atomic mass is 10.1. The van der Waals surface area contributed by atoms with Gasteiger partial charge in [-0.05, 0) is 27.1 Å². The molecule has 1 aromatic heterocycles. The fourth-order valence-electron chi connectivity index (χ4n) is 2.71. The maximum Gasteiger partial charge on any atom is 0.351 e. The minimum atomic E-state index is -1.36. The Labute approximate surface area is 139 Å². The van der Waals surface area contributed by atoms with Crippen LogP contribution in [0.15, 0.2) is 16.6 Å². The summed E-state index contributed by atoms with van der Waals surface area (Å²) in [5, 5.41) is 29.1. The summed E-state index contributed by atoms with van der Waals surface area (Å²) >= 11 is 0. The van der Waals surface area contributed by atoms with Gasteiger partial charge in [-0.1, -0.05) is 5.57 Å². The van der Waals surface area contributed by atoms with Crippen molar-refractivity contribution in [2.24, 2.45) is 0 Å². The molecule has 1 aliphatic heterocycles. The van der Waals surface area contributed by atoms with Gasteiger partial charge in [-0.2, -0.15) is 4.98 Å². The van der Waals surface area contributed by atoms with Crippen molar-refractivity contribution in [3.8, 4) is 0 Å². The quantitative estimate of drug-likeness (QED) is 0.504. The smallest absolute Gasteiger partial charge is 0.351 e. The first kappa shape index (κ1) is 18.6. The van der Waals surface area contributed by atoms with Crippen molar-refractivity contribution in [2.75, 3.05) is 33.0 Å². The number of aromatic nitrogens is 2. The van der Waals surface area contributed by atoms with Crippen LogP contribution in [0, 0.1) is 0 Å². The van der Waals surface area contributed by atoms with Crippen LogP contribution in [0.2, 0.25) is 0 Å². The number of nitrogens with zero attached hydrogens (tertiary/aromatic N) is 3.